The van der Waals surface area contributed by atoms with E-state index >= 15 is 0 Å². The first-order valence-electron chi connectivity index (χ1n) is 8.92. The fourth-order valence-electron chi connectivity index (χ4n) is 2.67. The Morgan fingerprint density at radius 3 is 2.48 bits per heavy atom. The molecular weight excluding hydrogens is 354 g/mol. The molecule has 9 heteroatoms. The predicted octanol–water partition coefficient (Wildman–Crippen LogP) is 2.49. The van der Waals surface area contributed by atoms with Crippen LogP contribution in [-0.4, -0.2) is 57.7 Å². The van der Waals surface area contributed by atoms with Crippen LogP contribution in [0.15, 0.2) is 4.52 Å². The van der Waals surface area contributed by atoms with Gasteiger partial charge in [-0.15, -0.1) is 0 Å². The standard InChI is InChI=1S/C18H27N3O6/c1-11(22)25-10-18(5,6)15-19-14(20-27-15)13(23)12-8-7-9-21(12)16(24)26-17(2,3)4/h12H,7-10H2,1-6H3. The predicted molar refractivity (Wildman–Crippen MR) is 94.2 cm³/mol. The number of hydrogen-bond acceptors (Lipinski definition) is 8. The van der Waals surface area contributed by atoms with Crippen LogP contribution in [0.3, 0.4) is 0 Å². The molecule has 1 saturated heterocycles. The second-order valence-electron chi connectivity index (χ2n) is 8.28. The van der Waals surface area contributed by atoms with E-state index in [0.717, 1.165) is 0 Å². The van der Waals surface area contributed by atoms with Gasteiger partial charge >= 0.3 is 12.1 Å². The molecule has 1 aromatic heterocycles. The quantitative estimate of drug-likeness (QED) is 0.565. The number of ether oxygens (including phenoxy) is 2. The molecule has 0 bridgehead atoms. The Hall–Kier alpha value is -2.45. The van der Waals surface area contributed by atoms with Crippen LogP contribution in [-0.2, 0) is 19.7 Å². The highest BCUT2D eigenvalue weighted by Crippen LogP contribution is 2.25. The van der Waals surface area contributed by atoms with Crippen molar-refractivity contribution in [1.82, 2.24) is 15.0 Å². The molecule has 150 valence electrons. The summed E-state index contributed by atoms with van der Waals surface area (Å²) in [5.41, 5.74) is -1.38. The molecule has 27 heavy (non-hydrogen) atoms. The molecule has 0 aromatic carbocycles. The van der Waals surface area contributed by atoms with Crippen LogP contribution in [0.5, 0.6) is 0 Å². The lowest BCUT2D eigenvalue weighted by Gasteiger charge is -2.27. The molecule has 1 aliphatic rings. The Kier molecular flexibility index (Phi) is 5.91. The van der Waals surface area contributed by atoms with E-state index in [2.05, 4.69) is 10.1 Å². The first-order valence-corrected chi connectivity index (χ1v) is 8.92. The smallest absolute Gasteiger partial charge is 0.410 e. The minimum Gasteiger partial charge on any atom is -0.465 e. The summed E-state index contributed by atoms with van der Waals surface area (Å²) in [7, 11) is 0. The molecule has 1 aliphatic heterocycles. The third kappa shape index (κ3) is 5.27. The number of aromatic nitrogens is 2. The number of esters is 1. The monoisotopic (exact) mass is 381 g/mol. The van der Waals surface area contributed by atoms with Crippen molar-refractivity contribution in [3.63, 3.8) is 0 Å². The van der Waals surface area contributed by atoms with Crippen molar-refractivity contribution in [3.05, 3.63) is 11.7 Å². The second-order valence-corrected chi connectivity index (χ2v) is 8.28. The maximum absolute atomic E-state index is 12.8. The Bertz CT molecular complexity index is 719. The topological polar surface area (TPSA) is 112 Å². The number of likely N-dealkylation sites (tertiary alicyclic amines) is 1. The van der Waals surface area contributed by atoms with Gasteiger partial charge in [-0.3, -0.25) is 14.5 Å². The SMILES string of the molecule is CC(=O)OCC(C)(C)c1nc(C(=O)C2CCCN2C(=O)OC(C)(C)C)no1. The zero-order valence-corrected chi connectivity index (χ0v) is 16.7. The lowest BCUT2D eigenvalue weighted by atomic mass is 9.95. The van der Waals surface area contributed by atoms with Gasteiger partial charge in [-0.05, 0) is 47.5 Å². The van der Waals surface area contributed by atoms with Crippen LogP contribution in [0.4, 0.5) is 4.79 Å². The highest BCUT2D eigenvalue weighted by Gasteiger charge is 2.39. The van der Waals surface area contributed by atoms with Gasteiger partial charge in [0.15, 0.2) is 0 Å². The van der Waals surface area contributed by atoms with Gasteiger partial charge < -0.3 is 14.0 Å². The average molecular weight is 381 g/mol. The first-order chi connectivity index (χ1) is 12.4. The largest absolute Gasteiger partial charge is 0.465 e. The summed E-state index contributed by atoms with van der Waals surface area (Å²) in [6.45, 7) is 10.6. The molecule has 0 aliphatic carbocycles. The number of Topliss-reactive ketones (excluding diaryl/α,β-unsaturated/α-hetero) is 1. The van der Waals surface area contributed by atoms with E-state index in [0.29, 0.717) is 19.4 Å². The van der Waals surface area contributed by atoms with Crippen LogP contribution in [0, 0.1) is 0 Å². The van der Waals surface area contributed by atoms with Crippen LogP contribution in [0.1, 0.15) is 70.9 Å². The summed E-state index contributed by atoms with van der Waals surface area (Å²) in [4.78, 5) is 41.8. The number of hydrogen-bond donors (Lipinski definition) is 0. The molecule has 0 saturated carbocycles. The van der Waals surface area contributed by atoms with Crippen molar-refractivity contribution in [2.24, 2.45) is 0 Å². The molecule has 0 spiro atoms. The third-order valence-electron chi connectivity index (χ3n) is 4.05. The number of carbonyl (C=O) groups is 3. The average Bonchev–Trinajstić information content (AvgIpc) is 3.20. The Morgan fingerprint density at radius 2 is 1.89 bits per heavy atom. The molecule has 1 amide bonds. The molecule has 2 heterocycles. The van der Waals surface area contributed by atoms with Crippen molar-refractivity contribution < 1.29 is 28.4 Å². The number of amides is 1. The Labute approximate surface area is 158 Å². The van der Waals surface area contributed by atoms with Gasteiger partial charge in [-0.1, -0.05) is 5.16 Å². The van der Waals surface area contributed by atoms with Crippen molar-refractivity contribution in [2.75, 3.05) is 13.2 Å². The summed E-state index contributed by atoms with van der Waals surface area (Å²) >= 11 is 0. The second kappa shape index (κ2) is 7.66. The maximum atomic E-state index is 12.8. The van der Waals surface area contributed by atoms with E-state index in [9.17, 15) is 14.4 Å². The van der Waals surface area contributed by atoms with Gasteiger partial charge in [0.25, 0.3) is 0 Å². The zero-order valence-electron chi connectivity index (χ0n) is 16.7. The number of carbonyl (C=O) groups excluding carboxylic acids is 3. The van der Waals surface area contributed by atoms with Gasteiger partial charge in [-0.2, -0.15) is 4.98 Å². The summed E-state index contributed by atoms with van der Waals surface area (Å²) < 4.78 is 15.6. The van der Waals surface area contributed by atoms with E-state index < -0.39 is 34.9 Å². The summed E-state index contributed by atoms with van der Waals surface area (Å²) in [5.74, 6) is -0.718. The zero-order chi connectivity index (χ0) is 20.4. The number of nitrogens with zero attached hydrogens (tertiary/aromatic N) is 3. The molecule has 9 nitrogen and oxygen atoms in total. The van der Waals surface area contributed by atoms with Crippen molar-refractivity contribution in [3.8, 4) is 0 Å². The van der Waals surface area contributed by atoms with Crippen LogP contribution in [0.2, 0.25) is 0 Å². The minimum absolute atomic E-state index is 0.0472. The third-order valence-corrected chi connectivity index (χ3v) is 4.05. The lowest BCUT2D eigenvalue weighted by molar-refractivity contribution is -0.142. The molecule has 2 rings (SSSR count). The molecule has 0 radical (unpaired) electrons. The molecule has 1 fully saturated rings. The van der Waals surface area contributed by atoms with Crippen molar-refractivity contribution in [2.45, 2.75) is 71.4 Å². The molecular formula is C18H27N3O6. The van der Waals surface area contributed by atoms with E-state index in [1.54, 1.807) is 34.6 Å². The van der Waals surface area contributed by atoms with E-state index in [-0.39, 0.29) is 18.3 Å². The van der Waals surface area contributed by atoms with Gasteiger partial charge in [0, 0.05) is 13.5 Å². The van der Waals surface area contributed by atoms with E-state index in [4.69, 9.17) is 14.0 Å². The minimum atomic E-state index is -0.738. The fourth-order valence-corrected chi connectivity index (χ4v) is 2.67. The highest BCUT2D eigenvalue weighted by molar-refractivity contribution is 5.98. The first kappa shape index (κ1) is 20.9. The van der Waals surface area contributed by atoms with Gasteiger partial charge in [0.2, 0.25) is 17.5 Å². The number of rotatable bonds is 5. The van der Waals surface area contributed by atoms with Gasteiger partial charge in [-0.25, -0.2) is 4.79 Å². The van der Waals surface area contributed by atoms with Gasteiger partial charge in [0.1, 0.15) is 18.2 Å². The summed E-state index contributed by atoms with van der Waals surface area (Å²) in [6, 6.07) is -0.679. The highest BCUT2D eigenvalue weighted by atomic mass is 16.6. The summed E-state index contributed by atoms with van der Waals surface area (Å²) in [5, 5.41) is 3.77. The number of ketones is 1. The lowest BCUT2D eigenvalue weighted by Crippen LogP contribution is -2.43. The summed E-state index contributed by atoms with van der Waals surface area (Å²) in [6.07, 6.45) is 0.675. The molecule has 0 N–H and O–H groups in total. The van der Waals surface area contributed by atoms with Gasteiger partial charge in [0.05, 0.1) is 5.41 Å². The molecule has 1 unspecified atom stereocenters. The Morgan fingerprint density at radius 1 is 1.22 bits per heavy atom. The van der Waals surface area contributed by atoms with Crippen molar-refractivity contribution in [1.29, 1.82) is 0 Å². The van der Waals surface area contributed by atoms with Crippen molar-refractivity contribution >= 4 is 17.8 Å². The van der Waals surface area contributed by atoms with E-state index in [1.807, 2.05) is 0 Å². The van der Waals surface area contributed by atoms with Crippen LogP contribution in [0.25, 0.3) is 0 Å². The van der Waals surface area contributed by atoms with Crippen LogP contribution < -0.4 is 0 Å². The fraction of sp³-hybridized carbons (Fsp3) is 0.722. The van der Waals surface area contributed by atoms with Crippen LogP contribution >= 0.6 is 0 Å². The Balaban J connectivity index is 2.12. The van der Waals surface area contributed by atoms with E-state index in [1.165, 1.54) is 11.8 Å². The molecule has 1 aromatic rings. The molecule has 1 atom stereocenters. The maximum Gasteiger partial charge on any atom is 0.410 e. The normalized spacial score (nSPS) is 17.7.